The average molecular weight is 224 g/mol. The molecule has 2 rings (SSSR count). The molecule has 1 fully saturated rings. The van der Waals surface area contributed by atoms with Crippen LogP contribution >= 0.6 is 11.3 Å². The molecule has 2 heterocycles. The molecule has 1 N–H and O–H groups in total. The summed E-state index contributed by atoms with van der Waals surface area (Å²) >= 11 is 1.69. The predicted molar refractivity (Wildman–Crippen MR) is 62.1 cm³/mol. The van der Waals surface area contributed by atoms with Crippen LogP contribution in [0.5, 0.6) is 0 Å². The molecule has 0 aromatic carbocycles. The van der Waals surface area contributed by atoms with Crippen LogP contribution in [0.25, 0.3) is 0 Å². The zero-order valence-electron chi connectivity index (χ0n) is 8.74. The number of hydrogen-bond acceptors (Lipinski definition) is 3. The molecule has 0 aliphatic carbocycles. The van der Waals surface area contributed by atoms with Crippen LogP contribution < -0.4 is 5.32 Å². The fraction of sp³-hybridized carbons (Fsp3) is 0.545. The van der Waals surface area contributed by atoms with Crippen molar-refractivity contribution in [2.75, 3.05) is 26.2 Å². The van der Waals surface area contributed by atoms with Crippen molar-refractivity contribution in [1.29, 1.82) is 0 Å². The summed E-state index contributed by atoms with van der Waals surface area (Å²) in [7, 11) is 0. The number of rotatable bonds is 3. The van der Waals surface area contributed by atoms with Gasteiger partial charge in [-0.3, -0.25) is 4.79 Å². The van der Waals surface area contributed by atoms with Crippen LogP contribution in [0.2, 0.25) is 0 Å². The van der Waals surface area contributed by atoms with Gasteiger partial charge in [0.1, 0.15) is 0 Å². The van der Waals surface area contributed by atoms with Crippen LogP contribution in [0.3, 0.4) is 0 Å². The third kappa shape index (κ3) is 3.04. The van der Waals surface area contributed by atoms with E-state index in [-0.39, 0.29) is 0 Å². The Labute approximate surface area is 94.1 Å². The largest absolute Gasteiger partial charge is 0.340 e. The third-order valence-electron chi connectivity index (χ3n) is 2.68. The van der Waals surface area contributed by atoms with E-state index in [4.69, 9.17) is 0 Å². The average Bonchev–Trinajstić information content (AvgIpc) is 2.80. The van der Waals surface area contributed by atoms with Crippen molar-refractivity contribution < 1.29 is 4.79 Å². The number of amides is 1. The summed E-state index contributed by atoms with van der Waals surface area (Å²) in [5.74, 6) is 0.294. The minimum absolute atomic E-state index is 0.294. The van der Waals surface area contributed by atoms with Gasteiger partial charge in [-0.2, -0.15) is 11.3 Å². The molecule has 0 bridgehead atoms. The van der Waals surface area contributed by atoms with E-state index in [0.29, 0.717) is 12.3 Å². The number of aryl methyl sites for hydroxylation is 1. The van der Waals surface area contributed by atoms with Crippen LogP contribution in [0, 0.1) is 0 Å². The number of hydrogen-bond donors (Lipinski definition) is 1. The van der Waals surface area contributed by atoms with Crippen molar-refractivity contribution in [2.24, 2.45) is 0 Å². The van der Waals surface area contributed by atoms with Gasteiger partial charge >= 0.3 is 0 Å². The van der Waals surface area contributed by atoms with Gasteiger partial charge in [0.25, 0.3) is 0 Å². The molecule has 3 nitrogen and oxygen atoms in total. The molecule has 1 saturated heterocycles. The van der Waals surface area contributed by atoms with Crippen LogP contribution in [0.15, 0.2) is 16.8 Å². The number of nitrogens with one attached hydrogen (secondary N) is 1. The molecule has 1 aromatic heterocycles. The van der Waals surface area contributed by atoms with Crippen LogP contribution in [0.1, 0.15) is 12.0 Å². The van der Waals surface area contributed by atoms with E-state index in [1.165, 1.54) is 5.56 Å². The highest BCUT2D eigenvalue weighted by atomic mass is 32.1. The van der Waals surface area contributed by atoms with Gasteiger partial charge in [0, 0.05) is 32.6 Å². The maximum Gasteiger partial charge on any atom is 0.222 e. The summed E-state index contributed by atoms with van der Waals surface area (Å²) in [6.07, 6.45) is 1.53. The van der Waals surface area contributed by atoms with E-state index in [9.17, 15) is 4.79 Å². The summed E-state index contributed by atoms with van der Waals surface area (Å²) in [5, 5.41) is 7.42. The van der Waals surface area contributed by atoms with Gasteiger partial charge in [-0.25, -0.2) is 0 Å². The van der Waals surface area contributed by atoms with Crippen LogP contribution in [-0.4, -0.2) is 37.0 Å². The Kier molecular flexibility index (Phi) is 3.75. The summed E-state index contributed by atoms with van der Waals surface area (Å²) < 4.78 is 0. The van der Waals surface area contributed by atoms with Gasteiger partial charge in [-0.15, -0.1) is 0 Å². The maximum absolute atomic E-state index is 11.8. The minimum atomic E-state index is 0.294. The first-order valence-electron chi connectivity index (χ1n) is 5.36. The monoisotopic (exact) mass is 224 g/mol. The van der Waals surface area contributed by atoms with Crippen LogP contribution in [0.4, 0.5) is 0 Å². The second kappa shape index (κ2) is 5.28. The number of carbonyl (C=O) groups excluding carboxylic acids is 1. The molecule has 0 atom stereocenters. The lowest BCUT2D eigenvalue weighted by Gasteiger charge is -2.27. The molecule has 1 aliphatic rings. The highest BCUT2D eigenvalue weighted by Crippen LogP contribution is 2.09. The van der Waals surface area contributed by atoms with Crippen molar-refractivity contribution in [3.63, 3.8) is 0 Å². The highest BCUT2D eigenvalue weighted by molar-refractivity contribution is 7.07. The van der Waals surface area contributed by atoms with Crippen molar-refractivity contribution in [2.45, 2.75) is 12.8 Å². The van der Waals surface area contributed by atoms with Gasteiger partial charge in [-0.1, -0.05) is 0 Å². The number of nitrogens with zero attached hydrogens (tertiary/aromatic N) is 1. The molecule has 0 saturated carbocycles. The lowest BCUT2D eigenvalue weighted by Crippen LogP contribution is -2.46. The Morgan fingerprint density at radius 2 is 2.27 bits per heavy atom. The van der Waals surface area contributed by atoms with Gasteiger partial charge < -0.3 is 10.2 Å². The molecular weight excluding hydrogens is 208 g/mol. The van der Waals surface area contributed by atoms with E-state index < -0.39 is 0 Å². The quantitative estimate of drug-likeness (QED) is 0.834. The van der Waals surface area contributed by atoms with E-state index >= 15 is 0 Å². The van der Waals surface area contributed by atoms with Gasteiger partial charge in [0.2, 0.25) is 5.91 Å². The van der Waals surface area contributed by atoms with Crippen molar-refractivity contribution >= 4 is 17.2 Å². The first-order valence-corrected chi connectivity index (χ1v) is 6.30. The SMILES string of the molecule is O=C(CCc1ccsc1)N1CCNCC1. The summed E-state index contributed by atoms with van der Waals surface area (Å²) in [4.78, 5) is 13.8. The van der Waals surface area contributed by atoms with E-state index in [0.717, 1.165) is 32.6 Å². The zero-order chi connectivity index (χ0) is 10.5. The maximum atomic E-state index is 11.8. The van der Waals surface area contributed by atoms with E-state index in [1.54, 1.807) is 11.3 Å². The molecule has 0 spiro atoms. The van der Waals surface area contributed by atoms with Gasteiger partial charge in [0.15, 0.2) is 0 Å². The second-order valence-electron chi connectivity index (χ2n) is 3.76. The Balaban J connectivity index is 1.76. The number of carbonyl (C=O) groups is 1. The first kappa shape index (κ1) is 10.6. The van der Waals surface area contributed by atoms with E-state index in [2.05, 4.69) is 22.1 Å². The Morgan fingerprint density at radius 3 is 2.93 bits per heavy atom. The smallest absolute Gasteiger partial charge is 0.222 e. The van der Waals surface area contributed by atoms with Crippen molar-refractivity contribution in [1.82, 2.24) is 10.2 Å². The Morgan fingerprint density at radius 1 is 1.47 bits per heavy atom. The minimum Gasteiger partial charge on any atom is -0.340 e. The molecular formula is C11H16N2OS. The number of thiophene rings is 1. The molecule has 1 aliphatic heterocycles. The Hall–Kier alpha value is -0.870. The molecule has 1 aromatic rings. The fourth-order valence-corrected chi connectivity index (χ4v) is 2.46. The van der Waals surface area contributed by atoms with Gasteiger partial charge in [0.05, 0.1) is 0 Å². The molecule has 82 valence electrons. The first-order chi connectivity index (χ1) is 7.36. The number of piperazine rings is 1. The summed E-state index contributed by atoms with van der Waals surface area (Å²) in [6.45, 7) is 3.60. The predicted octanol–water partition coefficient (Wildman–Crippen LogP) is 1.11. The standard InChI is InChI=1S/C11H16N2OS/c14-11(13-6-4-12-5-7-13)2-1-10-3-8-15-9-10/h3,8-9,12H,1-2,4-7H2. The molecule has 0 radical (unpaired) electrons. The summed E-state index contributed by atoms with van der Waals surface area (Å²) in [6, 6.07) is 2.09. The van der Waals surface area contributed by atoms with Gasteiger partial charge in [-0.05, 0) is 28.8 Å². The fourth-order valence-electron chi connectivity index (χ4n) is 1.76. The lowest BCUT2D eigenvalue weighted by molar-refractivity contribution is -0.131. The summed E-state index contributed by atoms with van der Waals surface area (Å²) in [5.41, 5.74) is 1.28. The van der Waals surface area contributed by atoms with E-state index in [1.807, 2.05) is 4.90 Å². The second-order valence-corrected chi connectivity index (χ2v) is 4.54. The van der Waals surface area contributed by atoms with Crippen LogP contribution in [-0.2, 0) is 11.2 Å². The molecule has 15 heavy (non-hydrogen) atoms. The topological polar surface area (TPSA) is 32.3 Å². The van der Waals surface area contributed by atoms with Crippen molar-refractivity contribution in [3.05, 3.63) is 22.4 Å². The van der Waals surface area contributed by atoms with Crippen molar-refractivity contribution in [3.8, 4) is 0 Å². The molecule has 1 amide bonds. The Bertz CT molecular complexity index is 304. The lowest BCUT2D eigenvalue weighted by atomic mass is 10.1. The third-order valence-corrected chi connectivity index (χ3v) is 3.41. The molecule has 4 heteroatoms. The normalized spacial score (nSPS) is 16.7. The molecule has 0 unspecified atom stereocenters. The zero-order valence-corrected chi connectivity index (χ0v) is 9.55. The highest BCUT2D eigenvalue weighted by Gasteiger charge is 2.15.